The molecule has 1 aliphatic carbocycles. The zero-order valence-electron chi connectivity index (χ0n) is 15.7. The van der Waals surface area contributed by atoms with E-state index in [1.807, 2.05) is 30.3 Å². The van der Waals surface area contributed by atoms with Gasteiger partial charge in [0.1, 0.15) is 0 Å². The molecule has 2 aromatic carbocycles. The number of piperazine rings is 1. The molecule has 0 amide bonds. The van der Waals surface area contributed by atoms with Crippen LogP contribution in [0.4, 0.5) is 5.69 Å². The van der Waals surface area contributed by atoms with E-state index in [9.17, 15) is 18.5 Å². The summed E-state index contributed by atoms with van der Waals surface area (Å²) in [6.45, 7) is 3.37. The van der Waals surface area contributed by atoms with E-state index in [4.69, 9.17) is 0 Å². The highest BCUT2D eigenvalue weighted by Gasteiger charge is 2.41. The number of non-ortho nitro benzene ring substituents is 1. The van der Waals surface area contributed by atoms with Crippen LogP contribution in [0.3, 0.4) is 0 Å². The Morgan fingerprint density at radius 3 is 2.43 bits per heavy atom. The molecule has 1 unspecified atom stereocenters. The Labute approximate surface area is 164 Å². The van der Waals surface area contributed by atoms with Gasteiger partial charge in [0, 0.05) is 37.8 Å². The Balaban J connectivity index is 1.74. The number of benzene rings is 2. The van der Waals surface area contributed by atoms with Gasteiger partial charge in [0.25, 0.3) is 5.69 Å². The fraction of sp³-hybridized carbons (Fsp3) is 0.400. The van der Waals surface area contributed by atoms with Crippen LogP contribution in [-0.4, -0.2) is 48.2 Å². The van der Waals surface area contributed by atoms with E-state index in [2.05, 4.69) is 4.90 Å². The van der Waals surface area contributed by atoms with Crippen molar-refractivity contribution in [1.82, 2.24) is 9.21 Å². The minimum Gasteiger partial charge on any atom is -0.297 e. The molecule has 2 aromatic rings. The van der Waals surface area contributed by atoms with Crippen LogP contribution in [0, 0.1) is 17.0 Å². The Hall–Kier alpha value is -2.29. The van der Waals surface area contributed by atoms with E-state index in [0.717, 1.165) is 18.4 Å². The third kappa shape index (κ3) is 3.55. The van der Waals surface area contributed by atoms with Gasteiger partial charge in [-0.3, -0.25) is 15.0 Å². The lowest BCUT2D eigenvalue weighted by molar-refractivity contribution is -0.385. The standard InChI is InChI=1S/C20H23N3O4S/c1-15-7-8-18(23(24)25)13-20(15)28(26,27)22-12-11-21(17-9-10-17)14-19(22)16-5-3-2-4-6-16/h2-8,13,17,19H,9-12,14H2,1H3. The molecule has 2 aliphatic rings. The van der Waals surface area contributed by atoms with Crippen LogP contribution in [0.15, 0.2) is 53.4 Å². The molecule has 0 N–H and O–H groups in total. The van der Waals surface area contributed by atoms with Gasteiger partial charge in [-0.2, -0.15) is 4.31 Å². The van der Waals surface area contributed by atoms with Gasteiger partial charge in [-0.25, -0.2) is 8.42 Å². The van der Waals surface area contributed by atoms with Gasteiger partial charge in [-0.1, -0.05) is 36.4 Å². The normalized spacial score (nSPS) is 21.5. The van der Waals surface area contributed by atoms with Crippen LogP contribution in [0.25, 0.3) is 0 Å². The van der Waals surface area contributed by atoms with Crippen LogP contribution in [-0.2, 0) is 10.0 Å². The highest BCUT2D eigenvalue weighted by molar-refractivity contribution is 7.89. The van der Waals surface area contributed by atoms with Crippen LogP contribution in [0.2, 0.25) is 0 Å². The number of rotatable bonds is 5. The van der Waals surface area contributed by atoms with Crippen molar-refractivity contribution in [2.24, 2.45) is 0 Å². The molecule has 1 aliphatic heterocycles. The number of nitro benzene ring substituents is 1. The molecule has 7 nitrogen and oxygen atoms in total. The highest BCUT2D eigenvalue weighted by atomic mass is 32.2. The van der Waals surface area contributed by atoms with Crippen LogP contribution < -0.4 is 0 Å². The summed E-state index contributed by atoms with van der Waals surface area (Å²) < 4.78 is 28.6. The van der Waals surface area contributed by atoms with Crippen molar-refractivity contribution in [3.8, 4) is 0 Å². The van der Waals surface area contributed by atoms with Gasteiger partial charge < -0.3 is 0 Å². The van der Waals surface area contributed by atoms with Crippen LogP contribution >= 0.6 is 0 Å². The topological polar surface area (TPSA) is 83.8 Å². The summed E-state index contributed by atoms with van der Waals surface area (Å²) in [5, 5.41) is 11.2. The second kappa shape index (κ2) is 7.27. The van der Waals surface area contributed by atoms with Crippen molar-refractivity contribution in [3.05, 3.63) is 69.8 Å². The molecule has 0 spiro atoms. The molecule has 1 heterocycles. The van der Waals surface area contributed by atoms with Crippen molar-refractivity contribution in [1.29, 1.82) is 0 Å². The molecule has 148 valence electrons. The predicted molar refractivity (Wildman–Crippen MR) is 106 cm³/mol. The van der Waals surface area contributed by atoms with Crippen molar-refractivity contribution in [3.63, 3.8) is 0 Å². The van der Waals surface area contributed by atoms with E-state index in [0.29, 0.717) is 31.2 Å². The maximum Gasteiger partial charge on any atom is 0.270 e. The predicted octanol–water partition coefficient (Wildman–Crippen LogP) is 3.11. The first-order valence-corrected chi connectivity index (χ1v) is 10.9. The third-order valence-electron chi connectivity index (χ3n) is 5.58. The number of nitrogens with zero attached hydrogens (tertiary/aromatic N) is 3. The highest BCUT2D eigenvalue weighted by Crippen LogP contribution is 2.37. The van der Waals surface area contributed by atoms with Crippen molar-refractivity contribution >= 4 is 15.7 Å². The zero-order valence-corrected chi connectivity index (χ0v) is 16.5. The lowest BCUT2D eigenvalue weighted by atomic mass is 10.0. The first-order valence-electron chi connectivity index (χ1n) is 9.44. The first kappa shape index (κ1) is 19.0. The summed E-state index contributed by atoms with van der Waals surface area (Å²) in [5.41, 5.74) is 1.25. The lowest BCUT2D eigenvalue weighted by Gasteiger charge is -2.41. The Morgan fingerprint density at radius 1 is 1.07 bits per heavy atom. The molecule has 8 heteroatoms. The summed E-state index contributed by atoms with van der Waals surface area (Å²) in [6, 6.07) is 13.9. The van der Waals surface area contributed by atoms with Gasteiger partial charge in [0.15, 0.2) is 0 Å². The quantitative estimate of drug-likeness (QED) is 0.568. The molecule has 0 aromatic heterocycles. The molecule has 0 radical (unpaired) electrons. The minimum atomic E-state index is -3.87. The SMILES string of the molecule is Cc1ccc([N+](=O)[O-])cc1S(=O)(=O)N1CCN(C2CC2)CC1c1ccccc1. The fourth-order valence-electron chi connectivity index (χ4n) is 3.90. The molecule has 1 saturated heterocycles. The number of aryl methyl sites for hydroxylation is 1. The van der Waals surface area contributed by atoms with Gasteiger partial charge in [-0.15, -0.1) is 0 Å². The number of sulfonamides is 1. The van der Waals surface area contributed by atoms with Crippen molar-refractivity contribution in [2.45, 2.75) is 36.7 Å². The van der Waals surface area contributed by atoms with E-state index in [1.54, 1.807) is 6.92 Å². The molecule has 1 atom stereocenters. The van der Waals surface area contributed by atoms with Crippen LogP contribution in [0.5, 0.6) is 0 Å². The number of hydrogen-bond donors (Lipinski definition) is 0. The molecule has 28 heavy (non-hydrogen) atoms. The van der Waals surface area contributed by atoms with Crippen molar-refractivity contribution in [2.75, 3.05) is 19.6 Å². The first-order chi connectivity index (χ1) is 13.4. The maximum atomic E-state index is 13.5. The molecule has 2 fully saturated rings. The molecule has 4 rings (SSSR count). The summed E-state index contributed by atoms with van der Waals surface area (Å²) in [7, 11) is -3.87. The smallest absolute Gasteiger partial charge is 0.270 e. The summed E-state index contributed by atoms with van der Waals surface area (Å²) in [4.78, 5) is 13.0. The third-order valence-corrected chi connectivity index (χ3v) is 7.63. The van der Waals surface area contributed by atoms with E-state index in [-0.39, 0.29) is 16.6 Å². The van der Waals surface area contributed by atoms with E-state index in [1.165, 1.54) is 22.5 Å². The van der Waals surface area contributed by atoms with Crippen molar-refractivity contribution < 1.29 is 13.3 Å². The monoisotopic (exact) mass is 401 g/mol. The molecular formula is C20H23N3O4S. The van der Waals surface area contributed by atoms with Gasteiger partial charge in [0.2, 0.25) is 10.0 Å². The second-order valence-electron chi connectivity index (χ2n) is 7.48. The van der Waals surface area contributed by atoms with E-state index >= 15 is 0 Å². The molecule has 0 bridgehead atoms. The Kier molecular flexibility index (Phi) is 4.95. The van der Waals surface area contributed by atoms with Gasteiger partial charge in [-0.05, 0) is 30.9 Å². The molecular weight excluding hydrogens is 378 g/mol. The van der Waals surface area contributed by atoms with Gasteiger partial charge in [0.05, 0.1) is 15.9 Å². The Morgan fingerprint density at radius 2 is 1.79 bits per heavy atom. The second-order valence-corrected chi connectivity index (χ2v) is 9.33. The maximum absolute atomic E-state index is 13.5. The largest absolute Gasteiger partial charge is 0.297 e. The van der Waals surface area contributed by atoms with Gasteiger partial charge >= 0.3 is 0 Å². The summed E-state index contributed by atoms with van der Waals surface area (Å²) >= 11 is 0. The average molecular weight is 401 g/mol. The summed E-state index contributed by atoms with van der Waals surface area (Å²) in [6.07, 6.45) is 2.33. The molecule has 1 saturated carbocycles. The minimum absolute atomic E-state index is 0.0162. The fourth-order valence-corrected chi connectivity index (χ4v) is 5.74. The zero-order chi connectivity index (χ0) is 19.9. The lowest BCUT2D eigenvalue weighted by Crippen LogP contribution is -2.51. The Bertz CT molecular complexity index is 990. The average Bonchev–Trinajstić information content (AvgIpc) is 3.53. The van der Waals surface area contributed by atoms with Crippen LogP contribution in [0.1, 0.15) is 30.0 Å². The number of hydrogen-bond acceptors (Lipinski definition) is 5. The summed E-state index contributed by atoms with van der Waals surface area (Å²) in [5.74, 6) is 0. The number of nitro groups is 1. The van der Waals surface area contributed by atoms with E-state index < -0.39 is 14.9 Å².